The van der Waals surface area contributed by atoms with E-state index in [-0.39, 0.29) is 23.4 Å². The van der Waals surface area contributed by atoms with Gasteiger partial charge in [-0.05, 0) is 32.0 Å². The van der Waals surface area contributed by atoms with E-state index >= 15 is 0 Å². The number of aromatic nitrogens is 1. The molecule has 1 aromatic carbocycles. The second-order valence-corrected chi connectivity index (χ2v) is 6.49. The highest BCUT2D eigenvalue weighted by Crippen LogP contribution is 2.22. The highest BCUT2D eigenvalue weighted by atomic mass is 35.5. The van der Waals surface area contributed by atoms with Crippen LogP contribution in [-0.2, 0) is 4.79 Å². The Morgan fingerprint density at radius 3 is 2.65 bits per heavy atom. The molecule has 1 aromatic heterocycles. The average molecular weight is 372 g/mol. The Balaban J connectivity index is 2.06. The minimum Gasteiger partial charge on any atom is -0.330 e. The highest BCUT2D eigenvalue weighted by molar-refractivity contribution is 7.13. The van der Waals surface area contributed by atoms with Crippen molar-refractivity contribution in [3.63, 3.8) is 0 Å². The first-order valence-corrected chi connectivity index (χ1v) is 8.50. The molecule has 23 heavy (non-hydrogen) atoms. The van der Waals surface area contributed by atoms with Gasteiger partial charge in [-0.15, -0.1) is 11.3 Å². The normalized spacial score (nSPS) is 10.4. The van der Waals surface area contributed by atoms with Crippen LogP contribution in [0.25, 0.3) is 0 Å². The van der Waals surface area contributed by atoms with Crippen LogP contribution in [-0.4, -0.2) is 34.8 Å². The van der Waals surface area contributed by atoms with Crippen LogP contribution in [0.4, 0.5) is 5.13 Å². The number of hydrogen-bond donors (Lipinski definition) is 1. The van der Waals surface area contributed by atoms with Gasteiger partial charge in [-0.1, -0.05) is 23.2 Å². The number of anilines is 1. The van der Waals surface area contributed by atoms with E-state index in [1.807, 2.05) is 12.3 Å². The SMILES string of the molecule is CCN(CC(=O)Nc1nc(C)cs1)C(=O)c1ccc(Cl)cc1Cl. The van der Waals surface area contributed by atoms with Crippen molar-refractivity contribution in [3.8, 4) is 0 Å². The lowest BCUT2D eigenvalue weighted by atomic mass is 10.2. The molecule has 122 valence electrons. The summed E-state index contributed by atoms with van der Waals surface area (Å²) in [7, 11) is 0. The third-order valence-corrected chi connectivity index (χ3v) is 4.45. The predicted molar refractivity (Wildman–Crippen MR) is 93.5 cm³/mol. The summed E-state index contributed by atoms with van der Waals surface area (Å²) in [5, 5.41) is 5.74. The van der Waals surface area contributed by atoms with Gasteiger partial charge in [0, 0.05) is 16.9 Å². The Kier molecular flexibility index (Phi) is 5.98. The number of benzene rings is 1. The molecule has 0 radical (unpaired) electrons. The summed E-state index contributed by atoms with van der Waals surface area (Å²) in [5.74, 6) is -0.626. The summed E-state index contributed by atoms with van der Waals surface area (Å²) < 4.78 is 0. The average Bonchev–Trinajstić information content (AvgIpc) is 2.89. The monoisotopic (exact) mass is 371 g/mol. The second kappa shape index (κ2) is 7.77. The van der Waals surface area contributed by atoms with Gasteiger partial charge in [-0.3, -0.25) is 9.59 Å². The molecule has 0 unspecified atom stereocenters. The van der Waals surface area contributed by atoms with Crippen LogP contribution >= 0.6 is 34.5 Å². The molecular weight excluding hydrogens is 357 g/mol. The van der Waals surface area contributed by atoms with Gasteiger partial charge in [0.1, 0.15) is 6.54 Å². The number of aryl methyl sites for hydroxylation is 1. The first-order valence-electron chi connectivity index (χ1n) is 6.87. The van der Waals surface area contributed by atoms with Crippen molar-refractivity contribution >= 4 is 51.5 Å². The number of amides is 2. The number of thiazole rings is 1. The second-order valence-electron chi connectivity index (χ2n) is 4.79. The predicted octanol–water partition coefficient (Wildman–Crippen LogP) is 3.86. The molecule has 2 aromatic rings. The van der Waals surface area contributed by atoms with Crippen LogP contribution in [0.5, 0.6) is 0 Å². The van der Waals surface area contributed by atoms with E-state index in [0.29, 0.717) is 22.3 Å². The maximum absolute atomic E-state index is 12.5. The maximum atomic E-state index is 12.5. The molecule has 5 nitrogen and oxygen atoms in total. The van der Waals surface area contributed by atoms with Crippen LogP contribution in [0.15, 0.2) is 23.6 Å². The fraction of sp³-hybridized carbons (Fsp3) is 0.267. The highest BCUT2D eigenvalue weighted by Gasteiger charge is 2.20. The molecule has 0 bridgehead atoms. The summed E-state index contributed by atoms with van der Waals surface area (Å²) >= 11 is 13.2. The fourth-order valence-electron chi connectivity index (χ4n) is 1.90. The zero-order valence-corrected chi connectivity index (χ0v) is 14.9. The molecule has 0 fully saturated rings. The van der Waals surface area contributed by atoms with Crippen LogP contribution < -0.4 is 5.32 Å². The lowest BCUT2D eigenvalue weighted by Gasteiger charge is -2.20. The number of hydrogen-bond acceptors (Lipinski definition) is 4. The number of nitrogens with zero attached hydrogens (tertiary/aromatic N) is 2. The summed E-state index contributed by atoms with van der Waals surface area (Å²) in [6.07, 6.45) is 0. The van der Waals surface area contributed by atoms with Gasteiger partial charge < -0.3 is 10.2 Å². The van der Waals surface area contributed by atoms with E-state index in [1.54, 1.807) is 19.1 Å². The van der Waals surface area contributed by atoms with Crippen molar-refractivity contribution in [1.29, 1.82) is 0 Å². The number of nitrogens with one attached hydrogen (secondary N) is 1. The Morgan fingerprint density at radius 2 is 2.09 bits per heavy atom. The molecule has 0 aliphatic rings. The summed E-state index contributed by atoms with van der Waals surface area (Å²) in [6, 6.07) is 4.65. The molecule has 1 heterocycles. The minimum absolute atomic E-state index is 0.0765. The number of carbonyl (C=O) groups excluding carboxylic acids is 2. The molecule has 0 atom stereocenters. The molecule has 0 aliphatic carbocycles. The van der Waals surface area contributed by atoms with Crippen molar-refractivity contribution in [1.82, 2.24) is 9.88 Å². The lowest BCUT2D eigenvalue weighted by molar-refractivity contribution is -0.116. The molecule has 0 spiro atoms. The zero-order valence-electron chi connectivity index (χ0n) is 12.6. The topological polar surface area (TPSA) is 62.3 Å². The van der Waals surface area contributed by atoms with Crippen molar-refractivity contribution < 1.29 is 9.59 Å². The summed E-state index contributed by atoms with van der Waals surface area (Å²) in [4.78, 5) is 30.1. The third-order valence-electron chi connectivity index (χ3n) is 3.03. The molecule has 8 heteroatoms. The number of likely N-dealkylation sites (N-methyl/N-ethyl adjacent to an activating group) is 1. The van der Waals surface area contributed by atoms with Crippen molar-refractivity contribution in [3.05, 3.63) is 44.9 Å². The standard InChI is InChI=1S/C15H15Cl2N3O2S/c1-3-20(7-13(21)19-15-18-9(2)8-23-15)14(22)11-5-4-10(16)6-12(11)17/h4-6,8H,3,7H2,1-2H3,(H,18,19,21). The lowest BCUT2D eigenvalue weighted by Crippen LogP contribution is -2.38. The first kappa shape index (κ1) is 17.7. The summed E-state index contributed by atoms with van der Waals surface area (Å²) in [6.45, 7) is 3.94. The van der Waals surface area contributed by atoms with Gasteiger partial charge in [0.25, 0.3) is 5.91 Å². The Bertz CT molecular complexity index is 733. The number of rotatable bonds is 5. The number of carbonyl (C=O) groups is 2. The molecule has 0 saturated heterocycles. The molecule has 0 aliphatic heterocycles. The maximum Gasteiger partial charge on any atom is 0.255 e. The number of halogens is 2. The quantitative estimate of drug-likeness (QED) is 0.867. The van der Waals surface area contributed by atoms with Crippen molar-refractivity contribution in [2.75, 3.05) is 18.4 Å². The summed E-state index contributed by atoms with van der Waals surface area (Å²) in [5.41, 5.74) is 1.15. The van der Waals surface area contributed by atoms with Crippen LogP contribution in [0, 0.1) is 6.92 Å². The van der Waals surface area contributed by atoms with Crippen LogP contribution in [0.2, 0.25) is 10.0 Å². The molecule has 0 saturated carbocycles. The van der Waals surface area contributed by atoms with E-state index in [1.165, 1.54) is 22.3 Å². The largest absolute Gasteiger partial charge is 0.330 e. The van der Waals surface area contributed by atoms with Crippen molar-refractivity contribution in [2.24, 2.45) is 0 Å². The molecule has 1 N–H and O–H groups in total. The molecular formula is C15H15Cl2N3O2S. The van der Waals surface area contributed by atoms with E-state index in [2.05, 4.69) is 10.3 Å². The van der Waals surface area contributed by atoms with Gasteiger partial charge in [0.05, 0.1) is 16.3 Å². The minimum atomic E-state index is -0.320. The molecule has 2 rings (SSSR count). The van der Waals surface area contributed by atoms with Crippen molar-refractivity contribution in [2.45, 2.75) is 13.8 Å². The van der Waals surface area contributed by atoms with E-state index in [0.717, 1.165) is 5.69 Å². The van der Waals surface area contributed by atoms with Gasteiger partial charge >= 0.3 is 0 Å². The Labute approximate surface area is 148 Å². The van der Waals surface area contributed by atoms with E-state index < -0.39 is 0 Å². The smallest absolute Gasteiger partial charge is 0.255 e. The first-order chi connectivity index (χ1) is 10.9. The van der Waals surface area contributed by atoms with E-state index in [9.17, 15) is 9.59 Å². The Hall–Kier alpha value is -1.63. The Morgan fingerprint density at radius 1 is 1.35 bits per heavy atom. The van der Waals surface area contributed by atoms with Crippen LogP contribution in [0.3, 0.4) is 0 Å². The van der Waals surface area contributed by atoms with Gasteiger partial charge in [-0.2, -0.15) is 0 Å². The van der Waals surface area contributed by atoms with Gasteiger partial charge in [0.2, 0.25) is 5.91 Å². The molecule has 2 amide bonds. The van der Waals surface area contributed by atoms with Crippen LogP contribution in [0.1, 0.15) is 23.0 Å². The zero-order chi connectivity index (χ0) is 17.0. The third kappa shape index (κ3) is 4.67. The fourth-order valence-corrected chi connectivity index (χ4v) is 3.10. The van der Waals surface area contributed by atoms with Gasteiger partial charge in [0.15, 0.2) is 5.13 Å². The van der Waals surface area contributed by atoms with Gasteiger partial charge in [-0.25, -0.2) is 4.98 Å². The van der Waals surface area contributed by atoms with E-state index in [4.69, 9.17) is 23.2 Å².